The highest BCUT2D eigenvalue weighted by Crippen LogP contribution is 2.33. The van der Waals surface area contributed by atoms with Crippen LogP contribution in [0.5, 0.6) is 11.5 Å². The number of rotatable bonds is 5. The summed E-state index contributed by atoms with van der Waals surface area (Å²) in [5.41, 5.74) is 3.79. The summed E-state index contributed by atoms with van der Waals surface area (Å²) in [7, 11) is 0. The van der Waals surface area contributed by atoms with Gasteiger partial charge in [-0.05, 0) is 68.5 Å². The summed E-state index contributed by atoms with van der Waals surface area (Å²) in [4.78, 5) is 11.2. The third-order valence-electron chi connectivity index (χ3n) is 5.50. The molecule has 1 unspecified atom stereocenters. The third-order valence-corrected chi connectivity index (χ3v) is 5.50. The van der Waals surface area contributed by atoms with Gasteiger partial charge in [0.05, 0.1) is 0 Å². The fraction of sp³-hybridized carbons (Fsp3) is 0.524. The lowest BCUT2D eigenvalue weighted by Crippen LogP contribution is -2.36. The van der Waals surface area contributed by atoms with Crippen LogP contribution in [-0.4, -0.2) is 41.3 Å². The molecule has 0 N–H and O–H groups in total. The second-order valence-electron chi connectivity index (χ2n) is 7.66. The summed E-state index contributed by atoms with van der Waals surface area (Å²) in [6.45, 7) is 8.25. The van der Waals surface area contributed by atoms with Crippen LogP contribution in [0, 0.1) is 12.8 Å². The number of nitrogens with zero attached hydrogens (tertiary/aromatic N) is 3. The number of benzene rings is 1. The van der Waals surface area contributed by atoms with Crippen LogP contribution < -0.4 is 9.47 Å². The SMILES string of the molecule is Cc1cncnc1C1CCN(CC(C)Cc2ccc3c(c2)OCO3)CC1. The van der Waals surface area contributed by atoms with Crippen molar-refractivity contribution >= 4 is 0 Å². The first-order chi connectivity index (χ1) is 12.7. The largest absolute Gasteiger partial charge is 0.454 e. The van der Waals surface area contributed by atoms with E-state index < -0.39 is 0 Å². The molecule has 0 aliphatic carbocycles. The van der Waals surface area contributed by atoms with Crippen molar-refractivity contribution in [3.05, 3.63) is 47.5 Å². The van der Waals surface area contributed by atoms with Crippen molar-refractivity contribution in [2.45, 2.75) is 39.0 Å². The molecule has 26 heavy (non-hydrogen) atoms. The molecule has 0 radical (unpaired) electrons. The zero-order chi connectivity index (χ0) is 17.9. The minimum absolute atomic E-state index is 0.342. The van der Waals surface area contributed by atoms with E-state index in [1.54, 1.807) is 6.33 Å². The molecule has 1 aromatic carbocycles. The second-order valence-corrected chi connectivity index (χ2v) is 7.66. The maximum atomic E-state index is 5.49. The average Bonchev–Trinajstić information content (AvgIpc) is 3.11. The van der Waals surface area contributed by atoms with E-state index in [1.165, 1.54) is 29.7 Å². The normalized spacial score (nSPS) is 18.8. The maximum absolute atomic E-state index is 5.49. The Morgan fingerprint density at radius 2 is 2.00 bits per heavy atom. The molecule has 1 saturated heterocycles. The lowest BCUT2D eigenvalue weighted by atomic mass is 9.90. The summed E-state index contributed by atoms with van der Waals surface area (Å²) in [6.07, 6.45) is 7.06. The molecule has 0 spiro atoms. The van der Waals surface area contributed by atoms with Gasteiger partial charge in [0.2, 0.25) is 6.79 Å². The summed E-state index contributed by atoms with van der Waals surface area (Å²) < 4.78 is 10.9. The standard InChI is InChI=1S/C21H27N3O2/c1-15(9-17-3-4-19-20(10-17)26-14-25-19)12-24-7-5-18(6-8-24)21-16(2)11-22-13-23-21/h3-4,10-11,13,15,18H,5-9,12,14H2,1-2H3. The number of aromatic nitrogens is 2. The number of fused-ring (bicyclic) bond motifs is 1. The Balaban J connectivity index is 1.28. The lowest BCUT2D eigenvalue weighted by molar-refractivity contribution is 0.174. The summed E-state index contributed by atoms with van der Waals surface area (Å²) in [5, 5.41) is 0. The van der Waals surface area contributed by atoms with Crippen LogP contribution in [0.1, 0.15) is 42.5 Å². The molecule has 3 heterocycles. The predicted molar refractivity (Wildman–Crippen MR) is 101 cm³/mol. The Labute approximate surface area is 155 Å². The van der Waals surface area contributed by atoms with E-state index >= 15 is 0 Å². The van der Waals surface area contributed by atoms with Crippen LogP contribution in [0.3, 0.4) is 0 Å². The van der Waals surface area contributed by atoms with Crippen LogP contribution >= 0.6 is 0 Å². The molecule has 1 fully saturated rings. The minimum atomic E-state index is 0.342. The molecule has 0 bridgehead atoms. The summed E-state index contributed by atoms with van der Waals surface area (Å²) >= 11 is 0. The molecule has 4 rings (SSSR count). The van der Waals surface area contributed by atoms with Crippen molar-refractivity contribution in [2.75, 3.05) is 26.4 Å². The van der Waals surface area contributed by atoms with Gasteiger partial charge >= 0.3 is 0 Å². The highest BCUT2D eigenvalue weighted by atomic mass is 16.7. The molecule has 0 amide bonds. The van der Waals surface area contributed by atoms with E-state index in [0.717, 1.165) is 37.6 Å². The monoisotopic (exact) mass is 353 g/mol. The summed E-state index contributed by atoms with van der Waals surface area (Å²) in [5.74, 6) is 2.95. The Morgan fingerprint density at radius 3 is 2.81 bits per heavy atom. The van der Waals surface area contributed by atoms with Crippen LogP contribution in [-0.2, 0) is 6.42 Å². The van der Waals surface area contributed by atoms with E-state index in [9.17, 15) is 0 Å². The molecule has 0 saturated carbocycles. The van der Waals surface area contributed by atoms with Crippen molar-refractivity contribution in [1.29, 1.82) is 0 Å². The van der Waals surface area contributed by atoms with Crippen LogP contribution in [0.25, 0.3) is 0 Å². The molecule has 5 nitrogen and oxygen atoms in total. The Morgan fingerprint density at radius 1 is 1.19 bits per heavy atom. The number of hydrogen-bond donors (Lipinski definition) is 0. The molecular formula is C21H27N3O2. The number of hydrogen-bond acceptors (Lipinski definition) is 5. The molecule has 1 aromatic heterocycles. The van der Waals surface area contributed by atoms with Gasteiger partial charge in [0.25, 0.3) is 0 Å². The Bertz CT molecular complexity index is 757. The number of likely N-dealkylation sites (tertiary alicyclic amines) is 1. The van der Waals surface area contributed by atoms with E-state index in [4.69, 9.17) is 9.47 Å². The van der Waals surface area contributed by atoms with Crippen molar-refractivity contribution in [3.63, 3.8) is 0 Å². The van der Waals surface area contributed by atoms with Gasteiger partial charge < -0.3 is 14.4 Å². The summed E-state index contributed by atoms with van der Waals surface area (Å²) in [6, 6.07) is 6.32. The van der Waals surface area contributed by atoms with Crippen molar-refractivity contribution in [2.24, 2.45) is 5.92 Å². The first kappa shape index (κ1) is 17.3. The maximum Gasteiger partial charge on any atom is 0.231 e. The second kappa shape index (κ2) is 7.62. The van der Waals surface area contributed by atoms with Gasteiger partial charge in [-0.1, -0.05) is 13.0 Å². The molecule has 2 aliphatic heterocycles. The van der Waals surface area contributed by atoms with Crippen LogP contribution in [0.15, 0.2) is 30.7 Å². The smallest absolute Gasteiger partial charge is 0.231 e. The molecule has 5 heteroatoms. The topological polar surface area (TPSA) is 47.5 Å². The van der Waals surface area contributed by atoms with Crippen LogP contribution in [0.2, 0.25) is 0 Å². The van der Waals surface area contributed by atoms with Gasteiger partial charge in [0, 0.05) is 24.4 Å². The fourth-order valence-electron chi connectivity index (χ4n) is 4.20. The number of aryl methyl sites for hydroxylation is 1. The predicted octanol–water partition coefficient (Wildman–Crippen LogP) is 3.57. The van der Waals surface area contributed by atoms with E-state index in [0.29, 0.717) is 18.6 Å². The number of ether oxygens (including phenoxy) is 2. The quantitative estimate of drug-likeness (QED) is 0.822. The zero-order valence-electron chi connectivity index (χ0n) is 15.6. The first-order valence-electron chi connectivity index (χ1n) is 9.56. The third kappa shape index (κ3) is 3.83. The molecule has 2 aliphatic rings. The van der Waals surface area contributed by atoms with E-state index in [2.05, 4.69) is 40.8 Å². The van der Waals surface area contributed by atoms with Crippen molar-refractivity contribution in [3.8, 4) is 11.5 Å². The number of piperidine rings is 1. The minimum Gasteiger partial charge on any atom is -0.454 e. The highest BCUT2D eigenvalue weighted by Gasteiger charge is 2.24. The molecule has 1 atom stereocenters. The molecular weight excluding hydrogens is 326 g/mol. The van der Waals surface area contributed by atoms with Crippen molar-refractivity contribution < 1.29 is 9.47 Å². The Hall–Kier alpha value is -2.14. The molecule has 2 aromatic rings. The Kier molecular flexibility index (Phi) is 5.07. The molecule has 138 valence electrons. The van der Waals surface area contributed by atoms with Gasteiger partial charge in [-0.2, -0.15) is 0 Å². The van der Waals surface area contributed by atoms with Gasteiger partial charge in [0.15, 0.2) is 11.5 Å². The van der Waals surface area contributed by atoms with Gasteiger partial charge in [-0.3, -0.25) is 0 Å². The van der Waals surface area contributed by atoms with E-state index in [-0.39, 0.29) is 0 Å². The van der Waals surface area contributed by atoms with Crippen molar-refractivity contribution in [1.82, 2.24) is 14.9 Å². The lowest BCUT2D eigenvalue weighted by Gasteiger charge is -2.33. The highest BCUT2D eigenvalue weighted by molar-refractivity contribution is 5.44. The fourth-order valence-corrected chi connectivity index (χ4v) is 4.20. The van der Waals surface area contributed by atoms with Gasteiger partial charge in [-0.15, -0.1) is 0 Å². The van der Waals surface area contributed by atoms with Gasteiger partial charge in [-0.25, -0.2) is 9.97 Å². The zero-order valence-corrected chi connectivity index (χ0v) is 15.6. The van der Waals surface area contributed by atoms with E-state index in [1.807, 2.05) is 12.3 Å². The van der Waals surface area contributed by atoms with Gasteiger partial charge in [0.1, 0.15) is 6.33 Å². The van der Waals surface area contributed by atoms with Crippen LogP contribution in [0.4, 0.5) is 0 Å². The first-order valence-corrected chi connectivity index (χ1v) is 9.56. The average molecular weight is 353 g/mol.